The van der Waals surface area contributed by atoms with Gasteiger partial charge < -0.3 is 4.79 Å². The number of carbonyl (C=O) groups excluding carboxylic acids is 2. The summed E-state index contributed by atoms with van der Waals surface area (Å²) in [6.45, 7) is 14.6. The smallest absolute Gasteiger partial charge is 0.163 e. The zero-order valence-corrected chi connectivity index (χ0v) is 23.5. The molecule has 2 atom stereocenters. The van der Waals surface area contributed by atoms with Gasteiger partial charge in [0.05, 0.1) is 0 Å². The highest BCUT2D eigenvalue weighted by atomic mass is 16.1. The lowest BCUT2D eigenvalue weighted by atomic mass is 9.73. The largest absolute Gasteiger partial charge is 0.300 e. The molecule has 0 aromatic heterocycles. The Balaban J connectivity index is 0.000000510. The van der Waals surface area contributed by atoms with E-state index in [0.717, 1.165) is 36.8 Å². The maximum atomic E-state index is 12.7. The lowest BCUT2D eigenvalue weighted by Crippen LogP contribution is -2.25. The van der Waals surface area contributed by atoms with Gasteiger partial charge in [0, 0.05) is 18.4 Å². The van der Waals surface area contributed by atoms with Gasteiger partial charge in [0.2, 0.25) is 0 Å². The fourth-order valence-corrected chi connectivity index (χ4v) is 5.29. The molecule has 2 unspecified atom stereocenters. The summed E-state index contributed by atoms with van der Waals surface area (Å²) in [6.07, 6.45) is 9.30. The number of fused-ring (bicyclic) bond motifs is 1. The molecule has 2 aromatic rings. The summed E-state index contributed by atoms with van der Waals surface area (Å²) in [6, 6.07) is 16.5. The minimum absolute atomic E-state index is 0.292. The first-order valence-electron chi connectivity index (χ1n) is 13.9. The standard InChI is InChI=1S/C23H34O2.C7H8.C3H8/c1-5-19(6-2)20(11-8-10-17(4)24)13-18-14-21-12-7-9-16(3)23(21)22(25)15-18;1-7-5-3-2-4-6-7;1-3-2/h7,9,12,18-20H,5-6,8,10-11,13-15H2,1-4H3;2-6H,1H3;3H2,1-2H3. The molecule has 35 heavy (non-hydrogen) atoms. The van der Waals surface area contributed by atoms with E-state index in [1.165, 1.54) is 30.4 Å². The van der Waals surface area contributed by atoms with E-state index in [4.69, 9.17) is 0 Å². The van der Waals surface area contributed by atoms with Crippen molar-refractivity contribution in [3.05, 3.63) is 70.8 Å². The minimum Gasteiger partial charge on any atom is -0.300 e. The van der Waals surface area contributed by atoms with Crippen molar-refractivity contribution < 1.29 is 9.59 Å². The molecule has 3 rings (SSSR count). The van der Waals surface area contributed by atoms with Crippen LogP contribution < -0.4 is 0 Å². The van der Waals surface area contributed by atoms with Crippen LogP contribution in [0, 0.1) is 31.6 Å². The van der Waals surface area contributed by atoms with Gasteiger partial charge in [-0.2, -0.15) is 0 Å². The lowest BCUT2D eigenvalue weighted by molar-refractivity contribution is -0.117. The Morgan fingerprint density at radius 1 is 0.886 bits per heavy atom. The van der Waals surface area contributed by atoms with Gasteiger partial charge >= 0.3 is 0 Å². The first-order chi connectivity index (χ1) is 16.8. The monoisotopic (exact) mass is 478 g/mol. The zero-order valence-electron chi connectivity index (χ0n) is 23.5. The van der Waals surface area contributed by atoms with Gasteiger partial charge in [-0.05, 0) is 75.3 Å². The first kappa shape index (κ1) is 30.8. The zero-order chi connectivity index (χ0) is 26.2. The van der Waals surface area contributed by atoms with Gasteiger partial charge in [0.25, 0.3) is 0 Å². The van der Waals surface area contributed by atoms with E-state index in [-0.39, 0.29) is 0 Å². The van der Waals surface area contributed by atoms with Crippen LogP contribution >= 0.6 is 0 Å². The van der Waals surface area contributed by atoms with Crippen LogP contribution in [0.5, 0.6) is 0 Å². The van der Waals surface area contributed by atoms with Gasteiger partial charge in [-0.15, -0.1) is 0 Å². The predicted molar refractivity (Wildman–Crippen MR) is 151 cm³/mol. The second-order valence-electron chi connectivity index (χ2n) is 10.3. The number of hydrogen-bond donors (Lipinski definition) is 0. The topological polar surface area (TPSA) is 34.1 Å². The number of ketones is 2. The first-order valence-corrected chi connectivity index (χ1v) is 13.9. The number of carbonyl (C=O) groups is 2. The molecular weight excluding hydrogens is 428 g/mol. The molecule has 0 heterocycles. The van der Waals surface area contributed by atoms with Crippen molar-refractivity contribution >= 4 is 11.6 Å². The fraction of sp³-hybridized carbons (Fsp3) is 0.576. The summed E-state index contributed by atoms with van der Waals surface area (Å²) < 4.78 is 0. The fourth-order valence-electron chi connectivity index (χ4n) is 5.29. The van der Waals surface area contributed by atoms with E-state index >= 15 is 0 Å². The van der Waals surface area contributed by atoms with Crippen LogP contribution in [-0.2, 0) is 11.2 Å². The lowest BCUT2D eigenvalue weighted by Gasteiger charge is -2.32. The highest BCUT2D eigenvalue weighted by Gasteiger charge is 2.30. The average molecular weight is 479 g/mol. The molecule has 0 saturated carbocycles. The molecule has 0 amide bonds. The molecule has 1 aliphatic carbocycles. The maximum Gasteiger partial charge on any atom is 0.163 e. The molecule has 0 radical (unpaired) electrons. The number of aryl methyl sites for hydroxylation is 2. The molecule has 2 nitrogen and oxygen atoms in total. The number of Topliss-reactive ketones (excluding diaryl/α,β-unsaturated/α-hetero) is 2. The number of hydrogen-bond acceptors (Lipinski definition) is 2. The average Bonchev–Trinajstić information content (AvgIpc) is 2.81. The minimum atomic E-state index is 0.292. The number of rotatable bonds is 9. The second-order valence-corrected chi connectivity index (χ2v) is 10.3. The highest BCUT2D eigenvalue weighted by Crippen LogP contribution is 2.36. The molecule has 0 spiro atoms. The van der Waals surface area contributed by atoms with Crippen LogP contribution in [0.1, 0.15) is 113 Å². The summed E-state index contributed by atoms with van der Waals surface area (Å²) in [5, 5.41) is 0. The van der Waals surface area contributed by atoms with Crippen molar-refractivity contribution in [2.45, 2.75) is 106 Å². The van der Waals surface area contributed by atoms with E-state index in [0.29, 0.717) is 42.2 Å². The van der Waals surface area contributed by atoms with Crippen LogP contribution in [0.4, 0.5) is 0 Å². The van der Waals surface area contributed by atoms with Gasteiger partial charge in [-0.3, -0.25) is 4.79 Å². The molecule has 0 bridgehead atoms. The Bertz CT molecular complexity index is 864. The molecule has 2 aromatic carbocycles. The van der Waals surface area contributed by atoms with E-state index < -0.39 is 0 Å². The third-order valence-electron chi connectivity index (χ3n) is 7.02. The highest BCUT2D eigenvalue weighted by molar-refractivity contribution is 6.00. The van der Waals surface area contributed by atoms with Gasteiger partial charge in [-0.1, -0.05) is 101 Å². The molecule has 0 N–H and O–H groups in total. The van der Waals surface area contributed by atoms with Crippen LogP contribution in [0.15, 0.2) is 48.5 Å². The Morgan fingerprint density at radius 2 is 1.51 bits per heavy atom. The normalized spacial score (nSPS) is 15.3. The third-order valence-corrected chi connectivity index (χ3v) is 7.02. The van der Waals surface area contributed by atoms with Crippen LogP contribution in [-0.4, -0.2) is 11.6 Å². The second kappa shape index (κ2) is 17.2. The molecular formula is C33H50O2. The molecule has 1 aliphatic rings. The van der Waals surface area contributed by atoms with Gasteiger partial charge in [0.15, 0.2) is 5.78 Å². The predicted octanol–water partition coefficient (Wildman–Crippen LogP) is 9.35. The Labute approximate surface area is 215 Å². The summed E-state index contributed by atoms with van der Waals surface area (Å²) in [7, 11) is 0. The van der Waals surface area contributed by atoms with Crippen molar-refractivity contribution in [3.8, 4) is 0 Å². The molecule has 194 valence electrons. The van der Waals surface area contributed by atoms with Crippen molar-refractivity contribution in [1.29, 1.82) is 0 Å². The van der Waals surface area contributed by atoms with E-state index in [1.807, 2.05) is 31.2 Å². The third kappa shape index (κ3) is 11.4. The van der Waals surface area contributed by atoms with E-state index in [1.54, 1.807) is 6.92 Å². The van der Waals surface area contributed by atoms with Crippen LogP contribution in [0.3, 0.4) is 0 Å². The summed E-state index contributed by atoms with van der Waals surface area (Å²) in [5.74, 6) is 2.43. The molecule has 0 fully saturated rings. The van der Waals surface area contributed by atoms with Crippen LogP contribution in [0.2, 0.25) is 0 Å². The summed E-state index contributed by atoms with van der Waals surface area (Å²) in [4.78, 5) is 24.0. The quantitative estimate of drug-likeness (QED) is 0.360. The maximum absolute atomic E-state index is 12.7. The molecule has 0 saturated heterocycles. The Hall–Kier alpha value is -2.22. The van der Waals surface area contributed by atoms with Crippen molar-refractivity contribution in [2.24, 2.45) is 17.8 Å². The Morgan fingerprint density at radius 3 is 2.03 bits per heavy atom. The summed E-state index contributed by atoms with van der Waals surface area (Å²) >= 11 is 0. The van der Waals surface area contributed by atoms with Gasteiger partial charge in [0.1, 0.15) is 5.78 Å². The Kier molecular flexibility index (Phi) is 15.2. The van der Waals surface area contributed by atoms with Crippen molar-refractivity contribution in [3.63, 3.8) is 0 Å². The van der Waals surface area contributed by atoms with E-state index in [2.05, 4.69) is 58.9 Å². The molecule has 0 aliphatic heterocycles. The number of benzene rings is 2. The van der Waals surface area contributed by atoms with Gasteiger partial charge in [-0.25, -0.2) is 0 Å². The van der Waals surface area contributed by atoms with Crippen molar-refractivity contribution in [2.75, 3.05) is 0 Å². The summed E-state index contributed by atoms with van der Waals surface area (Å²) in [5.41, 5.74) is 4.67. The van der Waals surface area contributed by atoms with Crippen molar-refractivity contribution in [1.82, 2.24) is 0 Å². The molecule has 2 heteroatoms. The SMILES string of the molecule is CCC.CCC(CC)C(CCCC(C)=O)CC1CC(=O)c2c(C)cccc2C1.Cc1ccccc1. The van der Waals surface area contributed by atoms with Crippen LogP contribution in [0.25, 0.3) is 0 Å². The van der Waals surface area contributed by atoms with E-state index in [9.17, 15) is 9.59 Å².